The summed E-state index contributed by atoms with van der Waals surface area (Å²) in [7, 11) is 0. The fraction of sp³-hybridized carbons (Fsp3) is 0.130. The van der Waals surface area contributed by atoms with Gasteiger partial charge in [0.05, 0.1) is 5.02 Å². The van der Waals surface area contributed by atoms with Crippen LogP contribution in [0.15, 0.2) is 60.7 Å². The molecule has 4 nitrogen and oxygen atoms in total. The summed E-state index contributed by atoms with van der Waals surface area (Å²) in [5, 5.41) is 1.18. The smallest absolute Gasteiger partial charge is 0.350 e. The Morgan fingerprint density at radius 2 is 1.72 bits per heavy atom. The van der Waals surface area contributed by atoms with Crippen molar-refractivity contribution in [2.45, 2.75) is 13.8 Å². The van der Waals surface area contributed by atoms with Gasteiger partial charge in [-0.1, -0.05) is 48.0 Å². The maximum Gasteiger partial charge on any atom is 0.350 e. The van der Waals surface area contributed by atoms with Crippen molar-refractivity contribution in [2.24, 2.45) is 0 Å². The number of fused-ring (bicyclic) bond motifs is 1. The molecule has 0 spiro atoms. The highest BCUT2D eigenvalue weighted by Crippen LogP contribution is 2.35. The highest BCUT2D eigenvalue weighted by atomic mass is 35.5. The summed E-state index contributed by atoms with van der Waals surface area (Å²) in [6.07, 6.45) is 0. The van der Waals surface area contributed by atoms with Crippen molar-refractivity contribution < 1.29 is 14.3 Å². The number of rotatable bonds is 5. The molecule has 4 aromatic rings. The van der Waals surface area contributed by atoms with Gasteiger partial charge >= 0.3 is 5.97 Å². The molecule has 0 aliphatic carbocycles. The maximum atomic E-state index is 12.7. The zero-order valence-corrected chi connectivity index (χ0v) is 17.5. The van der Waals surface area contributed by atoms with E-state index in [1.54, 1.807) is 0 Å². The van der Waals surface area contributed by atoms with E-state index < -0.39 is 5.97 Å². The zero-order valence-electron chi connectivity index (χ0n) is 15.9. The number of aromatic nitrogens is 1. The number of carbonyl (C=O) groups is 2. The van der Waals surface area contributed by atoms with Crippen molar-refractivity contribution in [2.75, 3.05) is 6.61 Å². The minimum atomic E-state index is -0.582. The number of halogens is 1. The van der Waals surface area contributed by atoms with Gasteiger partial charge in [0.1, 0.15) is 4.88 Å². The number of carbonyl (C=O) groups excluding carboxylic acids is 2. The number of nitrogens with zero attached hydrogens (tertiary/aromatic N) is 1. The first kappa shape index (κ1) is 19.4. The largest absolute Gasteiger partial charge is 0.453 e. The summed E-state index contributed by atoms with van der Waals surface area (Å²) < 4.78 is 8.21. The molecule has 6 heteroatoms. The lowest BCUT2D eigenvalue weighted by Gasteiger charge is -2.09. The molecule has 0 radical (unpaired) electrons. The number of aryl methyl sites for hydroxylation is 1. The lowest BCUT2D eigenvalue weighted by atomic mass is 10.1. The van der Waals surface area contributed by atoms with Gasteiger partial charge in [-0.3, -0.25) is 4.79 Å². The Morgan fingerprint density at radius 1 is 1.03 bits per heavy atom. The van der Waals surface area contributed by atoms with E-state index in [0.29, 0.717) is 15.5 Å². The minimum Gasteiger partial charge on any atom is -0.453 e. The molecule has 2 aromatic heterocycles. The quantitative estimate of drug-likeness (QED) is 0.292. The third kappa shape index (κ3) is 3.59. The Kier molecular flexibility index (Phi) is 5.26. The van der Waals surface area contributed by atoms with E-state index in [-0.39, 0.29) is 12.4 Å². The summed E-state index contributed by atoms with van der Waals surface area (Å²) in [4.78, 5) is 25.5. The first-order chi connectivity index (χ1) is 14.0. The number of benzene rings is 2. The van der Waals surface area contributed by atoms with Crippen LogP contribution < -0.4 is 0 Å². The molecule has 29 heavy (non-hydrogen) atoms. The van der Waals surface area contributed by atoms with Gasteiger partial charge in [-0.2, -0.15) is 0 Å². The lowest BCUT2D eigenvalue weighted by molar-refractivity contribution is 0.0479. The number of para-hydroxylation sites is 1. The van der Waals surface area contributed by atoms with Gasteiger partial charge in [-0.25, -0.2) is 4.79 Å². The molecule has 0 aliphatic rings. The molecule has 2 aromatic carbocycles. The van der Waals surface area contributed by atoms with Crippen molar-refractivity contribution in [3.8, 4) is 5.69 Å². The first-order valence-electron chi connectivity index (χ1n) is 9.09. The van der Waals surface area contributed by atoms with Crippen LogP contribution in [0, 0.1) is 13.8 Å². The van der Waals surface area contributed by atoms with E-state index >= 15 is 0 Å². The predicted octanol–water partition coefficient (Wildman–Crippen LogP) is 6.00. The van der Waals surface area contributed by atoms with Crippen LogP contribution in [0.5, 0.6) is 0 Å². The number of ether oxygens (including phenoxy) is 1. The summed E-state index contributed by atoms with van der Waals surface area (Å²) in [6, 6.07) is 19.1. The SMILES string of the molecule is Cc1cc(C(=O)COC(=O)c2sc3ccccc3c2Cl)c(C)n1-c1ccccc1. The second-order valence-electron chi connectivity index (χ2n) is 6.70. The maximum absolute atomic E-state index is 12.7. The Morgan fingerprint density at radius 3 is 2.45 bits per heavy atom. The fourth-order valence-electron chi connectivity index (χ4n) is 3.44. The van der Waals surface area contributed by atoms with Crippen LogP contribution in [0.3, 0.4) is 0 Å². The number of esters is 1. The molecular weight excluding hydrogens is 406 g/mol. The summed E-state index contributed by atoms with van der Waals surface area (Å²) in [5.41, 5.74) is 3.28. The third-order valence-electron chi connectivity index (χ3n) is 4.80. The average molecular weight is 424 g/mol. The van der Waals surface area contributed by atoms with Gasteiger partial charge in [0, 0.05) is 32.7 Å². The van der Waals surface area contributed by atoms with Gasteiger partial charge in [0.15, 0.2) is 6.61 Å². The molecule has 0 unspecified atom stereocenters. The normalized spacial score (nSPS) is 11.0. The van der Waals surface area contributed by atoms with E-state index in [1.165, 1.54) is 11.3 Å². The van der Waals surface area contributed by atoms with Gasteiger partial charge in [0.2, 0.25) is 5.78 Å². The highest BCUT2D eigenvalue weighted by Gasteiger charge is 2.21. The fourth-order valence-corrected chi connectivity index (χ4v) is 4.84. The molecular formula is C23H18ClNO3S. The minimum absolute atomic E-state index is 0.245. The molecule has 146 valence electrons. The molecule has 0 saturated carbocycles. The molecule has 0 aliphatic heterocycles. The van der Waals surface area contributed by atoms with Gasteiger partial charge < -0.3 is 9.30 Å². The molecule has 0 bridgehead atoms. The van der Waals surface area contributed by atoms with Crippen LogP contribution in [0.25, 0.3) is 15.8 Å². The van der Waals surface area contributed by atoms with Gasteiger partial charge in [0.25, 0.3) is 0 Å². The molecule has 0 amide bonds. The van der Waals surface area contributed by atoms with Crippen LogP contribution in [0.4, 0.5) is 0 Å². The van der Waals surface area contributed by atoms with Crippen LogP contribution in [0.1, 0.15) is 31.4 Å². The van der Waals surface area contributed by atoms with Crippen LogP contribution >= 0.6 is 22.9 Å². The third-order valence-corrected chi connectivity index (χ3v) is 6.46. The summed E-state index contributed by atoms with van der Waals surface area (Å²) in [6.45, 7) is 3.50. The molecule has 0 N–H and O–H groups in total. The van der Waals surface area contributed by atoms with E-state index in [0.717, 1.165) is 27.2 Å². The number of ketones is 1. The van der Waals surface area contributed by atoms with E-state index in [2.05, 4.69) is 0 Å². The van der Waals surface area contributed by atoms with Gasteiger partial charge in [-0.05, 0) is 38.1 Å². The molecule has 0 saturated heterocycles. The summed E-state index contributed by atoms with van der Waals surface area (Å²) >= 11 is 7.59. The molecule has 0 atom stereocenters. The van der Waals surface area contributed by atoms with Crippen molar-refractivity contribution in [1.29, 1.82) is 0 Å². The van der Waals surface area contributed by atoms with Crippen molar-refractivity contribution in [1.82, 2.24) is 4.57 Å². The second-order valence-corrected chi connectivity index (χ2v) is 8.13. The Balaban J connectivity index is 1.53. The van der Waals surface area contributed by atoms with Crippen LogP contribution in [-0.4, -0.2) is 22.9 Å². The van der Waals surface area contributed by atoms with Crippen molar-refractivity contribution >= 4 is 44.8 Å². The highest BCUT2D eigenvalue weighted by molar-refractivity contribution is 7.21. The predicted molar refractivity (Wildman–Crippen MR) is 117 cm³/mol. The zero-order chi connectivity index (χ0) is 20.5. The van der Waals surface area contributed by atoms with Crippen molar-refractivity contribution in [3.63, 3.8) is 0 Å². The van der Waals surface area contributed by atoms with Crippen LogP contribution in [0.2, 0.25) is 5.02 Å². The average Bonchev–Trinajstić information content (AvgIpc) is 3.23. The topological polar surface area (TPSA) is 48.3 Å². The Hall–Kier alpha value is -2.89. The Bertz CT molecular complexity index is 1220. The lowest BCUT2D eigenvalue weighted by Crippen LogP contribution is -2.14. The summed E-state index contributed by atoms with van der Waals surface area (Å²) in [5.74, 6) is -0.827. The first-order valence-corrected chi connectivity index (χ1v) is 10.3. The van der Waals surface area contributed by atoms with E-state index in [1.807, 2.05) is 79.1 Å². The van der Waals surface area contributed by atoms with Crippen molar-refractivity contribution in [3.05, 3.63) is 87.5 Å². The van der Waals surface area contributed by atoms with Crippen LogP contribution in [-0.2, 0) is 4.74 Å². The number of hydrogen-bond acceptors (Lipinski definition) is 4. The second kappa shape index (κ2) is 7.85. The number of thiophene rings is 1. The number of hydrogen-bond donors (Lipinski definition) is 0. The van der Waals surface area contributed by atoms with Gasteiger partial charge in [-0.15, -0.1) is 11.3 Å². The molecule has 4 rings (SSSR count). The standard InChI is InChI=1S/C23H18ClNO3S/c1-14-12-18(15(2)25(14)16-8-4-3-5-9-16)19(26)13-28-23(27)22-21(24)17-10-6-7-11-20(17)29-22/h3-12H,13H2,1-2H3. The molecule has 2 heterocycles. The van der Waals surface area contributed by atoms with E-state index in [9.17, 15) is 9.59 Å². The van der Waals surface area contributed by atoms with E-state index in [4.69, 9.17) is 16.3 Å². The Labute approximate surface area is 177 Å². The molecule has 0 fully saturated rings. The number of Topliss-reactive ketones (excluding diaryl/α,β-unsaturated/α-hetero) is 1. The monoisotopic (exact) mass is 423 g/mol.